The number of Topliss-reactive ketones (excluding diaryl/α,β-unsaturated/α-hetero) is 1. The highest BCUT2D eigenvalue weighted by molar-refractivity contribution is 5.94. The predicted octanol–water partition coefficient (Wildman–Crippen LogP) is 3.55. The Morgan fingerprint density at radius 2 is 1.22 bits per heavy atom. The van der Waals surface area contributed by atoms with Gasteiger partial charge in [0.1, 0.15) is 0 Å². The second kappa shape index (κ2) is 7.81. The molecule has 11 heteroatoms. The van der Waals surface area contributed by atoms with Crippen LogP contribution in [0, 0.1) is 31.9 Å². The molecule has 2 aromatic rings. The SMILES string of the molecule is CC(C(=O)C(C)N1CCc2c1ccc([N+](=O)[O-])c2F)N1CCc2c1ccc([N+](=O)[O-])c2F. The van der Waals surface area contributed by atoms with E-state index in [-0.39, 0.29) is 29.8 Å². The van der Waals surface area contributed by atoms with Gasteiger partial charge in [-0.25, -0.2) is 0 Å². The fourth-order valence-corrected chi connectivity index (χ4v) is 4.66. The molecule has 0 spiro atoms. The molecule has 0 aromatic heterocycles. The highest BCUT2D eigenvalue weighted by Gasteiger charge is 2.38. The lowest BCUT2D eigenvalue weighted by Gasteiger charge is -2.33. The number of nitro groups is 2. The molecule has 0 bridgehead atoms. The van der Waals surface area contributed by atoms with Crippen LogP contribution in [0.3, 0.4) is 0 Å². The zero-order chi connectivity index (χ0) is 23.3. The number of fused-ring (bicyclic) bond motifs is 2. The summed E-state index contributed by atoms with van der Waals surface area (Å²) < 4.78 is 29.0. The summed E-state index contributed by atoms with van der Waals surface area (Å²) in [6, 6.07) is 3.80. The van der Waals surface area contributed by atoms with Crippen molar-refractivity contribution in [1.29, 1.82) is 0 Å². The summed E-state index contributed by atoms with van der Waals surface area (Å²) in [5.41, 5.74) is 0.138. The maximum Gasteiger partial charge on any atom is 0.305 e. The first-order valence-electron chi connectivity index (χ1n) is 10.1. The summed E-state index contributed by atoms with van der Waals surface area (Å²) in [5, 5.41) is 22.0. The number of halogens is 2. The number of anilines is 2. The lowest BCUT2D eigenvalue weighted by atomic mass is 10.0. The minimum atomic E-state index is -0.881. The van der Waals surface area contributed by atoms with Gasteiger partial charge in [-0.1, -0.05) is 0 Å². The van der Waals surface area contributed by atoms with Gasteiger partial charge in [0.05, 0.1) is 21.9 Å². The van der Waals surface area contributed by atoms with Crippen molar-refractivity contribution in [3.05, 3.63) is 67.3 Å². The minimum absolute atomic E-state index is 0.191. The van der Waals surface area contributed by atoms with Crippen molar-refractivity contribution in [3.63, 3.8) is 0 Å². The molecule has 0 radical (unpaired) electrons. The van der Waals surface area contributed by atoms with Crippen LogP contribution < -0.4 is 9.80 Å². The third-order valence-corrected chi connectivity index (χ3v) is 6.37. The van der Waals surface area contributed by atoms with Gasteiger partial charge in [0.2, 0.25) is 11.6 Å². The topological polar surface area (TPSA) is 110 Å². The number of carbonyl (C=O) groups excluding carboxylic acids is 1. The summed E-state index contributed by atoms with van der Waals surface area (Å²) in [6.45, 7) is 4.04. The number of nitrogens with zero attached hydrogens (tertiary/aromatic N) is 4. The van der Waals surface area contributed by atoms with E-state index in [4.69, 9.17) is 0 Å². The van der Waals surface area contributed by atoms with E-state index in [1.54, 1.807) is 23.6 Å². The number of rotatable bonds is 6. The number of benzene rings is 2. The van der Waals surface area contributed by atoms with Gasteiger partial charge >= 0.3 is 11.4 Å². The molecule has 2 aliphatic rings. The molecule has 32 heavy (non-hydrogen) atoms. The van der Waals surface area contributed by atoms with Gasteiger partial charge in [-0.3, -0.25) is 25.0 Å². The molecule has 2 aromatic carbocycles. The van der Waals surface area contributed by atoms with Crippen LogP contribution in [0.4, 0.5) is 31.5 Å². The van der Waals surface area contributed by atoms with Crippen LogP contribution in [0.1, 0.15) is 25.0 Å². The summed E-state index contributed by atoms with van der Waals surface area (Å²) >= 11 is 0. The maximum absolute atomic E-state index is 14.5. The summed E-state index contributed by atoms with van der Waals surface area (Å²) in [4.78, 5) is 37.1. The number of ketones is 1. The molecule has 9 nitrogen and oxygen atoms in total. The molecule has 168 valence electrons. The molecule has 2 unspecified atom stereocenters. The predicted molar refractivity (Wildman–Crippen MR) is 112 cm³/mol. The number of hydrogen-bond donors (Lipinski definition) is 0. The molecule has 2 heterocycles. The second-order valence-corrected chi connectivity index (χ2v) is 7.95. The van der Waals surface area contributed by atoms with E-state index in [1.165, 1.54) is 12.1 Å². The van der Waals surface area contributed by atoms with Gasteiger partial charge in [-0.05, 0) is 38.8 Å². The lowest BCUT2D eigenvalue weighted by Crippen LogP contribution is -2.48. The van der Waals surface area contributed by atoms with Crippen LogP contribution in [0.25, 0.3) is 0 Å². The first kappa shape index (κ1) is 21.6. The smallest absolute Gasteiger partial charge is 0.305 e. The Hall–Kier alpha value is -3.63. The van der Waals surface area contributed by atoms with Gasteiger partial charge in [0.15, 0.2) is 5.78 Å². The summed E-state index contributed by atoms with van der Waals surface area (Å²) in [6.07, 6.45) is 0.493. The molecule has 0 aliphatic carbocycles. The lowest BCUT2D eigenvalue weighted by molar-refractivity contribution is -0.387. The standard InChI is InChI=1S/C21H20F2N4O5/c1-11(24-9-7-13-15(24)3-5-17(19(13)22)26(29)30)21(28)12(2)25-10-8-14-16(25)4-6-18(20(14)23)27(31)32/h3-6,11-12H,7-10H2,1-2H3. The number of hydrogen-bond acceptors (Lipinski definition) is 7. The largest absolute Gasteiger partial charge is 0.361 e. The van der Waals surface area contributed by atoms with E-state index < -0.39 is 44.9 Å². The molecule has 2 aliphatic heterocycles. The van der Waals surface area contributed by atoms with Crippen LogP contribution in [0.15, 0.2) is 24.3 Å². The van der Waals surface area contributed by atoms with Crippen LogP contribution in [0.2, 0.25) is 0 Å². The second-order valence-electron chi connectivity index (χ2n) is 7.95. The fraction of sp³-hybridized carbons (Fsp3) is 0.381. The van der Waals surface area contributed by atoms with Gasteiger partial charge in [-0.2, -0.15) is 8.78 Å². The Morgan fingerprint density at radius 1 is 0.844 bits per heavy atom. The van der Waals surface area contributed by atoms with Crippen molar-refractivity contribution in [3.8, 4) is 0 Å². The quantitative estimate of drug-likeness (QED) is 0.493. The molecule has 2 atom stereocenters. The maximum atomic E-state index is 14.5. The molecule has 0 N–H and O–H groups in total. The molecular weight excluding hydrogens is 426 g/mol. The van der Waals surface area contributed by atoms with Gasteiger partial charge in [0.25, 0.3) is 0 Å². The Kier molecular flexibility index (Phi) is 5.27. The van der Waals surface area contributed by atoms with E-state index in [2.05, 4.69) is 0 Å². The monoisotopic (exact) mass is 446 g/mol. The third kappa shape index (κ3) is 3.24. The summed E-state index contributed by atoms with van der Waals surface area (Å²) in [7, 11) is 0. The fourth-order valence-electron chi connectivity index (χ4n) is 4.66. The van der Waals surface area contributed by atoms with Crippen molar-refractivity contribution in [2.24, 2.45) is 0 Å². The Balaban J connectivity index is 1.57. The highest BCUT2D eigenvalue weighted by atomic mass is 19.1. The molecule has 0 saturated carbocycles. The summed E-state index contributed by atoms with van der Waals surface area (Å²) in [5.74, 6) is -1.95. The molecular formula is C21H20F2N4O5. The van der Waals surface area contributed by atoms with Crippen LogP contribution in [-0.2, 0) is 17.6 Å². The molecule has 4 rings (SSSR count). The van der Waals surface area contributed by atoms with Crippen molar-refractivity contribution in [2.75, 3.05) is 22.9 Å². The van der Waals surface area contributed by atoms with Crippen molar-refractivity contribution >= 4 is 28.5 Å². The van der Waals surface area contributed by atoms with Crippen molar-refractivity contribution < 1.29 is 23.4 Å². The Morgan fingerprint density at radius 3 is 1.56 bits per heavy atom. The van der Waals surface area contributed by atoms with Gasteiger partial charge in [-0.15, -0.1) is 0 Å². The van der Waals surface area contributed by atoms with Gasteiger partial charge in [0, 0.05) is 47.7 Å². The third-order valence-electron chi connectivity index (χ3n) is 6.37. The van der Waals surface area contributed by atoms with E-state index >= 15 is 0 Å². The molecule has 0 amide bonds. The van der Waals surface area contributed by atoms with Crippen LogP contribution >= 0.6 is 0 Å². The first-order valence-corrected chi connectivity index (χ1v) is 10.1. The minimum Gasteiger partial charge on any atom is -0.361 e. The van der Waals surface area contributed by atoms with Gasteiger partial charge < -0.3 is 9.80 Å². The number of carbonyl (C=O) groups is 1. The number of nitro benzene ring substituents is 2. The van der Waals surface area contributed by atoms with Crippen LogP contribution in [-0.4, -0.2) is 40.8 Å². The highest BCUT2D eigenvalue weighted by Crippen LogP contribution is 2.38. The zero-order valence-electron chi connectivity index (χ0n) is 17.4. The molecule has 0 saturated heterocycles. The Bertz CT molecular complexity index is 1070. The first-order chi connectivity index (χ1) is 15.1. The Labute approximate surface area is 181 Å². The van der Waals surface area contributed by atoms with Crippen molar-refractivity contribution in [1.82, 2.24) is 0 Å². The van der Waals surface area contributed by atoms with E-state index in [0.717, 1.165) is 12.1 Å². The van der Waals surface area contributed by atoms with Crippen LogP contribution in [0.5, 0.6) is 0 Å². The van der Waals surface area contributed by atoms with Crippen molar-refractivity contribution in [2.45, 2.75) is 38.8 Å². The van der Waals surface area contributed by atoms with E-state index in [1.807, 2.05) is 0 Å². The normalized spacial score (nSPS) is 16.5. The van der Waals surface area contributed by atoms with E-state index in [0.29, 0.717) is 24.5 Å². The average Bonchev–Trinajstić information content (AvgIpc) is 3.37. The molecule has 0 fully saturated rings. The zero-order valence-corrected chi connectivity index (χ0v) is 17.4. The van der Waals surface area contributed by atoms with E-state index in [9.17, 15) is 33.8 Å². The average molecular weight is 446 g/mol.